The number of carbonyl (C=O) groups excluding carboxylic acids is 1. The Bertz CT molecular complexity index is 908. The van der Waals surface area contributed by atoms with Gasteiger partial charge in [0.1, 0.15) is 11.5 Å². The van der Waals surface area contributed by atoms with Crippen molar-refractivity contribution in [2.45, 2.75) is 37.2 Å². The fourth-order valence-corrected chi connectivity index (χ4v) is 7.08. The third-order valence-corrected chi connectivity index (χ3v) is 9.11. The lowest BCUT2D eigenvalue weighted by atomic mass is 9.79. The Labute approximate surface area is 212 Å². The number of ether oxygens (including phenoxy) is 2. The van der Waals surface area contributed by atoms with E-state index in [-0.39, 0.29) is 47.2 Å². The average molecular weight is 537 g/mol. The Morgan fingerprint density at radius 1 is 1.06 bits per heavy atom. The van der Waals surface area contributed by atoms with Crippen molar-refractivity contribution in [3.8, 4) is 0 Å². The van der Waals surface area contributed by atoms with Crippen LogP contribution in [-0.4, -0.2) is 84.2 Å². The van der Waals surface area contributed by atoms with E-state index in [2.05, 4.69) is 16.7 Å². The zero-order valence-corrected chi connectivity index (χ0v) is 22.2. The fourth-order valence-electron chi connectivity index (χ4n) is 4.81. The van der Waals surface area contributed by atoms with Gasteiger partial charge in [-0.05, 0) is 75.4 Å². The first kappa shape index (κ1) is 27.6. The minimum Gasteiger partial charge on any atom is -0.380 e. The standard InChI is InChI=1S/C23H35Cl2N3O5S/c1-27-8-3-18(4-9-27)19-5-10-28(11-6-19)22(29)16-33-12-7-26-34(30,31)23-20(24)13-17(15-32-2)14-21(23)25/h13-14,18-19,26H,3-12,15-16H2,1-2H3. The van der Waals surface area contributed by atoms with Crippen molar-refractivity contribution in [3.63, 3.8) is 0 Å². The summed E-state index contributed by atoms with van der Waals surface area (Å²) in [4.78, 5) is 16.6. The molecule has 1 aromatic rings. The number of hydrogen-bond donors (Lipinski definition) is 1. The minimum atomic E-state index is -3.93. The molecular weight excluding hydrogens is 501 g/mol. The van der Waals surface area contributed by atoms with Crippen molar-refractivity contribution < 1.29 is 22.7 Å². The molecule has 1 N–H and O–H groups in total. The van der Waals surface area contributed by atoms with Crippen LogP contribution in [0.5, 0.6) is 0 Å². The van der Waals surface area contributed by atoms with Crippen molar-refractivity contribution in [2.24, 2.45) is 11.8 Å². The second-order valence-corrected chi connectivity index (χ2v) is 11.6. The van der Waals surface area contributed by atoms with Gasteiger partial charge in [-0.15, -0.1) is 0 Å². The molecule has 0 aromatic heterocycles. The summed E-state index contributed by atoms with van der Waals surface area (Å²) in [5.74, 6) is 1.43. The Balaban J connectivity index is 1.37. The van der Waals surface area contributed by atoms with Gasteiger partial charge < -0.3 is 19.3 Å². The van der Waals surface area contributed by atoms with E-state index in [4.69, 9.17) is 32.7 Å². The Morgan fingerprint density at radius 3 is 2.18 bits per heavy atom. The van der Waals surface area contributed by atoms with Gasteiger partial charge in [0.05, 0.1) is 23.3 Å². The monoisotopic (exact) mass is 535 g/mol. The quantitative estimate of drug-likeness (QED) is 0.463. The van der Waals surface area contributed by atoms with Crippen molar-refractivity contribution in [3.05, 3.63) is 27.7 Å². The summed E-state index contributed by atoms with van der Waals surface area (Å²) in [5, 5.41) is 0.0404. The topological polar surface area (TPSA) is 88.2 Å². The molecule has 3 rings (SSSR count). The first-order valence-electron chi connectivity index (χ1n) is 11.7. The normalized spacial score (nSPS) is 19.0. The first-order chi connectivity index (χ1) is 16.2. The van der Waals surface area contributed by atoms with E-state index in [1.807, 2.05) is 4.90 Å². The molecule has 1 amide bonds. The summed E-state index contributed by atoms with van der Waals surface area (Å²) in [6.07, 6.45) is 4.60. The molecule has 0 saturated carbocycles. The smallest absolute Gasteiger partial charge is 0.248 e. The van der Waals surface area contributed by atoms with Crippen LogP contribution in [0.2, 0.25) is 10.0 Å². The number of sulfonamides is 1. The van der Waals surface area contributed by atoms with Crippen molar-refractivity contribution in [1.82, 2.24) is 14.5 Å². The summed E-state index contributed by atoms with van der Waals surface area (Å²) >= 11 is 12.3. The van der Waals surface area contributed by atoms with Gasteiger partial charge in [-0.1, -0.05) is 23.2 Å². The van der Waals surface area contributed by atoms with E-state index in [0.717, 1.165) is 31.8 Å². The molecule has 2 aliphatic rings. The van der Waals surface area contributed by atoms with Gasteiger partial charge in [-0.25, -0.2) is 13.1 Å². The van der Waals surface area contributed by atoms with E-state index in [1.165, 1.54) is 45.2 Å². The molecule has 0 atom stereocenters. The van der Waals surface area contributed by atoms with Crippen LogP contribution < -0.4 is 4.72 Å². The highest BCUT2D eigenvalue weighted by Gasteiger charge is 2.30. The summed E-state index contributed by atoms with van der Waals surface area (Å²) < 4.78 is 38.1. The number of nitrogens with zero attached hydrogens (tertiary/aromatic N) is 2. The van der Waals surface area contributed by atoms with Crippen molar-refractivity contribution >= 4 is 39.1 Å². The van der Waals surface area contributed by atoms with E-state index in [9.17, 15) is 13.2 Å². The average Bonchev–Trinajstić information content (AvgIpc) is 2.79. The van der Waals surface area contributed by atoms with Crippen molar-refractivity contribution in [1.29, 1.82) is 0 Å². The number of likely N-dealkylation sites (tertiary alicyclic amines) is 2. The molecule has 0 spiro atoms. The molecule has 192 valence electrons. The van der Waals surface area contributed by atoms with Crippen LogP contribution in [0, 0.1) is 11.8 Å². The van der Waals surface area contributed by atoms with Gasteiger partial charge in [0.2, 0.25) is 15.9 Å². The number of amides is 1. The van der Waals surface area contributed by atoms with Gasteiger partial charge >= 0.3 is 0 Å². The molecule has 0 aliphatic carbocycles. The van der Waals surface area contributed by atoms with Crippen molar-refractivity contribution in [2.75, 3.05) is 60.1 Å². The molecular formula is C23H35Cl2N3O5S. The lowest BCUT2D eigenvalue weighted by molar-refractivity contribution is -0.137. The van der Waals surface area contributed by atoms with E-state index in [1.54, 1.807) is 0 Å². The highest BCUT2D eigenvalue weighted by molar-refractivity contribution is 7.89. The molecule has 2 heterocycles. The number of methoxy groups -OCH3 is 1. The number of rotatable bonds is 10. The summed E-state index contributed by atoms with van der Waals surface area (Å²) in [6.45, 7) is 4.13. The Hall–Kier alpha value is -0.940. The minimum absolute atomic E-state index is 0.000292. The van der Waals surface area contributed by atoms with Crippen LogP contribution in [0.15, 0.2) is 17.0 Å². The third kappa shape index (κ3) is 7.53. The largest absolute Gasteiger partial charge is 0.380 e. The number of piperidine rings is 2. The van der Waals surface area contributed by atoms with Gasteiger partial charge in [0.25, 0.3) is 0 Å². The molecule has 2 aliphatic heterocycles. The Morgan fingerprint density at radius 2 is 1.62 bits per heavy atom. The zero-order valence-electron chi connectivity index (χ0n) is 19.9. The zero-order chi connectivity index (χ0) is 24.7. The fraction of sp³-hybridized carbons (Fsp3) is 0.696. The first-order valence-corrected chi connectivity index (χ1v) is 14.0. The summed E-state index contributed by atoms with van der Waals surface area (Å²) in [7, 11) is -0.229. The maximum atomic E-state index is 12.6. The second-order valence-electron chi connectivity index (χ2n) is 9.13. The molecule has 8 nitrogen and oxygen atoms in total. The number of benzene rings is 1. The van der Waals surface area contributed by atoms with Crippen LogP contribution >= 0.6 is 23.2 Å². The van der Waals surface area contributed by atoms with E-state index in [0.29, 0.717) is 11.5 Å². The molecule has 1 aromatic carbocycles. The number of hydrogen-bond acceptors (Lipinski definition) is 6. The summed E-state index contributed by atoms with van der Waals surface area (Å²) in [6, 6.07) is 3.02. The molecule has 0 radical (unpaired) electrons. The van der Waals surface area contributed by atoms with Crippen LogP contribution in [0.25, 0.3) is 0 Å². The predicted molar refractivity (Wildman–Crippen MR) is 133 cm³/mol. The second kappa shape index (κ2) is 12.9. The van der Waals surface area contributed by atoms with E-state index >= 15 is 0 Å². The molecule has 2 saturated heterocycles. The molecule has 11 heteroatoms. The number of halogens is 2. The van der Waals surface area contributed by atoms with Crippen LogP contribution in [0.4, 0.5) is 0 Å². The maximum Gasteiger partial charge on any atom is 0.248 e. The molecule has 34 heavy (non-hydrogen) atoms. The number of carbonyl (C=O) groups is 1. The van der Waals surface area contributed by atoms with Gasteiger partial charge in [0, 0.05) is 26.7 Å². The van der Waals surface area contributed by atoms with Gasteiger partial charge in [-0.2, -0.15) is 0 Å². The molecule has 0 bridgehead atoms. The van der Waals surface area contributed by atoms with Crippen LogP contribution in [0.1, 0.15) is 31.2 Å². The summed E-state index contributed by atoms with van der Waals surface area (Å²) in [5.41, 5.74) is 0.675. The van der Waals surface area contributed by atoms with E-state index < -0.39 is 10.0 Å². The van der Waals surface area contributed by atoms with Gasteiger partial charge in [0.15, 0.2) is 0 Å². The van der Waals surface area contributed by atoms with Gasteiger partial charge in [-0.3, -0.25) is 4.79 Å². The molecule has 0 unspecified atom stereocenters. The lowest BCUT2D eigenvalue weighted by Crippen LogP contribution is -2.43. The molecule has 2 fully saturated rings. The third-order valence-electron chi connectivity index (χ3n) is 6.72. The highest BCUT2D eigenvalue weighted by atomic mass is 35.5. The predicted octanol–water partition coefficient (Wildman–Crippen LogP) is 3.02. The highest BCUT2D eigenvalue weighted by Crippen LogP contribution is 2.32. The lowest BCUT2D eigenvalue weighted by Gasteiger charge is -2.39. The Kier molecular flexibility index (Phi) is 10.4. The van der Waals surface area contributed by atoms with Crippen LogP contribution in [-0.2, 0) is 30.9 Å². The van der Waals surface area contributed by atoms with Crippen LogP contribution in [0.3, 0.4) is 0 Å². The SMILES string of the molecule is COCc1cc(Cl)c(S(=O)(=O)NCCOCC(=O)N2CCC(C3CCN(C)CC3)CC2)c(Cl)c1. The number of nitrogens with one attached hydrogen (secondary N) is 1. The maximum absolute atomic E-state index is 12.6.